The van der Waals surface area contributed by atoms with Crippen molar-refractivity contribution >= 4 is 85.4 Å². The quantitative estimate of drug-likeness (QED) is 0.0784. The average Bonchev–Trinajstić information content (AvgIpc) is 2.89. The van der Waals surface area contributed by atoms with Crippen LogP contribution in [-0.2, 0) is 40.5 Å². The first-order valence-electron chi connectivity index (χ1n) is 11.4. The maximum Gasteiger partial charge on any atom is 0.296 e. The second kappa shape index (κ2) is 11.4. The number of benzene rings is 4. The van der Waals surface area contributed by atoms with Gasteiger partial charge < -0.3 is 16.6 Å². The highest BCUT2D eigenvalue weighted by molar-refractivity contribution is 7.87. The van der Waals surface area contributed by atoms with Crippen LogP contribution in [0, 0.1) is 0 Å². The van der Waals surface area contributed by atoms with E-state index in [0.29, 0.717) is 18.2 Å². The van der Waals surface area contributed by atoms with E-state index in [0.717, 1.165) is 0 Å². The number of aromatic hydroxyl groups is 1. The van der Waals surface area contributed by atoms with Gasteiger partial charge in [-0.3, -0.25) is 18.2 Å². The number of rotatable bonds is 8. The van der Waals surface area contributed by atoms with E-state index >= 15 is 0 Å². The third kappa shape index (κ3) is 6.89. The van der Waals surface area contributed by atoms with Crippen LogP contribution in [0.4, 0.5) is 34.1 Å². The molecule has 23 heteroatoms. The molecule has 0 fully saturated rings. The number of phenolic OH excluding ortho intramolecular Hbond substituents is 1. The monoisotopic (exact) mass is 702 g/mol. The van der Waals surface area contributed by atoms with Crippen molar-refractivity contribution in [2.45, 2.75) is 19.6 Å². The maximum atomic E-state index is 12.2. The first kappa shape index (κ1) is 33.3. The summed E-state index contributed by atoms with van der Waals surface area (Å²) in [6.45, 7) is 0. The molecule has 0 aliphatic heterocycles. The number of hydrogen-bond acceptors (Lipinski definition) is 15. The zero-order chi connectivity index (χ0) is 33.7. The molecule has 9 N–H and O–H groups in total. The number of hydrogen-bond donors (Lipinski definition) is 7. The molecule has 19 nitrogen and oxygen atoms in total. The van der Waals surface area contributed by atoms with Gasteiger partial charge in [0, 0.05) is 0 Å². The molecule has 0 amide bonds. The molecule has 4 aromatic rings. The summed E-state index contributed by atoms with van der Waals surface area (Å²) < 4.78 is 134. The van der Waals surface area contributed by atoms with Crippen LogP contribution in [0.5, 0.6) is 5.75 Å². The smallest absolute Gasteiger partial charge is 0.296 e. The Labute approximate surface area is 253 Å². The zero-order valence-electron chi connectivity index (χ0n) is 21.8. The van der Waals surface area contributed by atoms with Gasteiger partial charge >= 0.3 is 0 Å². The minimum Gasteiger partial charge on any atom is -0.505 e. The minimum atomic E-state index is -5.36. The fourth-order valence-electron chi connectivity index (χ4n) is 3.88. The second-order valence-electron chi connectivity index (χ2n) is 8.80. The van der Waals surface area contributed by atoms with E-state index in [1.807, 2.05) is 0 Å². The van der Waals surface area contributed by atoms with Crippen molar-refractivity contribution in [3.63, 3.8) is 0 Å². The number of fused-ring (bicyclic) bond motifs is 1. The van der Waals surface area contributed by atoms with E-state index in [2.05, 4.69) is 20.5 Å². The molecule has 0 radical (unpaired) electrons. The van der Waals surface area contributed by atoms with Crippen LogP contribution in [0.2, 0.25) is 0 Å². The summed E-state index contributed by atoms with van der Waals surface area (Å²) in [6, 6.07) is 9.67. The van der Waals surface area contributed by atoms with Gasteiger partial charge in [0.2, 0.25) is 0 Å². The Hall–Kier alpha value is -4.62. The standard InChI is InChI=1S/C22H18N6O13S4/c23-12-8-13(15(43(33,34)35)9-14(12)42(30,31)32)26-28-21-17(45(39,40)41)7-10-6-16(44(36,37)38)20(19(24)18(10)22(21)29)27-25-11-4-2-1-3-5-11/h1-9,29H,23-24H2,(H,30,31,32)(H,33,34,35)(H,36,37,38)(H,39,40,41). The highest BCUT2D eigenvalue weighted by atomic mass is 32.2. The molecule has 0 heterocycles. The topological polar surface area (TPSA) is 339 Å². The fourth-order valence-corrected chi connectivity index (χ4v) is 6.54. The van der Waals surface area contributed by atoms with Crippen LogP contribution in [-0.4, -0.2) is 57.0 Å². The maximum absolute atomic E-state index is 12.2. The largest absolute Gasteiger partial charge is 0.505 e. The van der Waals surface area contributed by atoms with Crippen molar-refractivity contribution in [3.8, 4) is 5.75 Å². The van der Waals surface area contributed by atoms with E-state index in [-0.39, 0.29) is 11.8 Å². The lowest BCUT2D eigenvalue weighted by molar-refractivity contribution is 0.471. The number of nitrogens with zero attached hydrogens (tertiary/aromatic N) is 4. The van der Waals surface area contributed by atoms with Gasteiger partial charge in [0.25, 0.3) is 40.5 Å². The van der Waals surface area contributed by atoms with Gasteiger partial charge in [-0.1, -0.05) is 18.2 Å². The highest BCUT2D eigenvalue weighted by Crippen LogP contribution is 2.48. The first-order chi connectivity index (χ1) is 20.6. The summed E-state index contributed by atoms with van der Waals surface area (Å²) in [4.78, 5) is -4.66. The fraction of sp³-hybridized carbons (Fsp3) is 0. The molecule has 0 aliphatic rings. The van der Waals surface area contributed by atoms with Crippen LogP contribution >= 0.6 is 0 Å². The van der Waals surface area contributed by atoms with Crippen molar-refractivity contribution in [2.75, 3.05) is 11.5 Å². The van der Waals surface area contributed by atoms with Gasteiger partial charge in [-0.25, -0.2) is 0 Å². The summed E-state index contributed by atoms with van der Waals surface area (Å²) in [5.74, 6) is -1.20. The summed E-state index contributed by atoms with van der Waals surface area (Å²) in [7, 11) is -20.9. The van der Waals surface area contributed by atoms with Crippen LogP contribution < -0.4 is 11.5 Å². The van der Waals surface area contributed by atoms with Gasteiger partial charge in [0.05, 0.1) is 22.4 Å². The number of nitrogens with two attached hydrogens (primary N) is 2. The second-order valence-corrected chi connectivity index (χ2v) is 14.4. The lowest BCUT2D eigenvalue weighted by atomic mass is 10.1. The van der Waals surface area contributed by atoms with Gasteiger partial charge in [-0.15, -0.1) is 15.3 Å². The molecular formula is C22H18N6O13S4. The van der Waals surface area contributed by atoms with Crippen molar-refractivity contribution in [2.24, 2.45) is 20.5 Å². The van der Waals surface area contributed by atoms with Crippen molar-refractivity contribution in [1.82, 2.24) is 0 Å². The predicted octanol–water partition coefficient (Wildman–Crippen LogP) is 3.53. The van der Waals surface area contributed by atoms with Crippen LogP contribution in [0.25, 0.3) is 10.8 Å². The number of anilines is 2. The summed E-state index contributed by atoms with van der Waals surface area (Å²) in [5, 5.41) is 24.5. The third-order valence-electron chi connectivity index (χ3n) is 5.80. The summed E-state index contributed by atoms with van der Waals surface area (Å²) >= 11 is 0. The number of nitrogen functional groups attached to an aromatic ring is 2. The van der Waals surface area contributed by atoms with Crippen LogP contribution in [0.1, 0.15) is 0 Å². The number of phenols is 1. The van der Waals surface area contributed by atoms with E-state index in [1.165, 1.54) is 12.1 Å². The van der Waals surface area contributed by atoms with Gasteiger partial charge in [0.15, 0.2) is 5.75 Å². The Kier molecular flexibility index (Phi) is 8.42. The van der Waals surface area contributed by atoms with E-state index < -0.39 is 105 Å². The van der Waals surface area contributed by atoms with E-state index in [1.54, 1.807) is 18.2 Å². The molecule has 4 aromatic carbocycles. The molecule has 4 rings (SSSR count). The molecule has 0 spiro atoms. The lowest BCUT2D eigenvalue weighted by Gasteiger charge is -2.14. The number of azo groups is 2. The SMILES string of the molecule is Nc1cc(N=Nc2c(S(=O)(=O)O)cc3cc(S(=O)(=O)O)c(N=Nc4ccccc4)c(N)c3c2O)c(S(=O)(=O)O)cc1S(=O)(=O)O. The molecule has 45 heavy (non-hydrogen) atoms. The first-order valence-corrected chi connectivity index (χ1v) is 17.2. The Balaban J connectivity index is 2.07. The van der Waals surface area contributed by atoms with Crippen LogP contribution in [0.3, 0.4) is 0 Å². The molecule has 0 aromatic heterocycles. The minimum absolute atomic E-state index is 0.202. The molecule has 0 aliphatic carbocycles. The Morgan fingerprint density at radius 2 is 1.04 bits per heavy atom. The van der Waals surface area contributed by atoms with Crippen LogP contribution in [0.15, 0.2) is 94.6 Å². The van der Waals surface area contributed by atoms with Crippen molar-refractivity contribution in [1.29, 1.82) is 0 Å². The van der Waals surface area contributed by atoms with Crippen molar-refractivity contribution in [3.05, 3.63) is 54.6 Å². The van der Waals surface area contributed by atoms with Crippen molar-refractivity contribution < 1.29 is 57.0 Å². The molecule has 238 valence electrons. The normalized spacial score (nSPS) is 13.2. The van der Waals surface area contributed by atoms with E-state index in [4.69, 9.17) is 11.5 Å². The van der Waals surface area contributed by atoms with Gasteiger partial charge in [-0.2, -0.15) is 38.8 Å². The summed E-state index contributed by atoms with van der Waals surface area (Å²) in [6.07, 6.45) is 0. The predicted molar refractivity (Wildman–Crippen MR) is 155 cm³/mol. The highest BCUT2D eigenvalue weighted by Gasteiger charge is 2.29. The molecule has 0 saturated heterocycles. The lowest BCUT2D eigenvalue weighted by Crippen LogP contribution is -2.07. The van der Waals surface area contributed by atoms with Gasteiger partial charge in [0.1, 0.15) is 36.6 Å². The Morgan fingerprint density at radius 3 is 1.56 bits per heavy atom. The Morgan fingerprint density at radius 1 is 0.556 bits per heavy atom. The van der Waals surface area contributed by atoms with E-state index in [9.17, 15) is 57.0 Å². The molecule has 0 unspecified atom stereocenters. The molecule has 0 atom stereocenters. The molecular weight excluding hydrogens is 685 g/mol. The Bertz CT molecular complexity index is 2400. The molecule has 0 saturated carbocycles. The summed E-state index contributed by atoms with van der Waals surface area (Å²) in [5.41, 5.74) is 7.56. The van der Waals surface area contributed by atoms with Gasteiger partial charge in [-0.05, 0) is 41.8 Å². The molecule has 0 bridgehead atoms. The zero-order valence-corrected chi connectivity index (χ0v) is 25.0. The average molecular weight is 703 g/mol. The third-order valence-corrected chi connectivity index (χ3v) is 9.32.